The number of hydrogen-bond acceptors (Lipinski definition) is 5. The van der Waals surface area contributed by atoms with Crippen LogP contribution >= 0.6 is 0 Å². The molecule has 24 heavy (non-hydrogen) atoms. The quantitative estimate of drug-likeness (QED) is 0.813. The number of carbonyl (C=O) groups excluding carboxylic acids is 2. The zero-order valence-electron chi connectivity index (χ0n) is 15.2. The van der Waals surface area contributed by atoms with E-state index in [4.69, 9.17) is 0 Å². The summed E-state index contributed by atoms with van der Waals surface area (Å²) in [5, 5.41) is 0. The first-order valence-electron chi connectivity index (χ1n) is 8.27. The van der Waals surface area contributed by atoms with Crippen LogP contribution in [0.15, 0.2) is 6.20 Å². The highest BCUT2D eigenvalue weighted by Gasteiger charge is 2.27. The van der Waals surface area contributed by atoms with Crippen LogP contribution in [0.4, 0.5) is 0 Å². The number of piperidine rings is 1. The summed E-state index contributed by atoms with van der Waals surface area (Å²) in [6.07, 6.45) is 3.53. The van der Waals surface area contributed by atoms with Crippen molar-refractivity contribution in [3.05, 3.63) is 23.3 Å². The smallest absolute Gasteiger partial charge is 0.256 e. The van der Waals surface area contributed by atoms with E-state index in [2.05, 4.69) is 9.97 Å². The van der Waals surface area contributed by atoms with Crippen LogP contribution in [0.25, 0.3) is 0 Å². The molecule has 2 rings (SSSR count). The van der Waals surface area contributed by atoms with Gasteiger partial charge in [0.25, 0.3) is 5.91 Å². The SMILES string of the molecule is Cc1nc(C2CCCN(C(=O)CN(C)C)C2)ncc1C(=O)N(C)C. The number of amides is 2. The molecule has 1 saturated heterocycles. The third kappa shape index (κ3) is 4.29. The van der Waals surface area contributed by atoms with Gasteiger partial charge in [-0.2, -0.15) is 0 Å². The summed E-state index contributed by atoms with van der Waals surface area (Å²) < 4.78 is 0. The van der Waals surface area contributed by atoms with E-state index in [1.165, 1.54) is 4.90 Å². The lowest BCUT2D eigenvalue weighted by Crippen LogP contribution is -2.43. The van der Waals surface area contributed by atoms with Crippen molar-refractivity contribution in [2.75, 3.05) is 47.8 Å². The van der Waals surface area contributed by atoms with E-state index in [-0.39, 0.29) is 17.7 Å². The standard InChI is InChI=1S/C17H27N5O2/c1-12-14(17(24)21(4)5)9-18-16(19-12)13-7-6-8-22(10-13)15(23)11-20(2)3/h9,13H,6-8,10-11H2,1-5H3. The first-order valence-corrected chi connectivity index (χ1v) is 8.27. The first-order chi connectivity index (χ1) is 11.3. The number of rotatable bonds is 4. The minimum atomic E-state index is -0.0921. The first kappa shape index (κ1) is 18.3. The highest BCUT2D eigenvalue weighted by atomic mass is 16.2. The summed E-state index contributed by atoms with van der Waals surface area (Å²) in [6.45, 7) is 3.69. The van der Waals surface area contributed by atoms with Crippen LogP contribution in [0.5, 0.6) is 0 Å². The molecular formula is C17H27N5O2. The Hall–Kier alpha value is -2.02. The molecule has 0 spiro atoms. The van der Waals surface area contributed by atoms with Gasteiger partial charge in [-0.3, -0.25) is 9.59 Å². The second-order valence-electron chi connectivity index (χ2n) is 6.84. The molecule has 2 heterocycles. The van der Waals surface area contributed by atoms with Crippen molar-refractivity contribution in [2.24, 2.45) is 0 Å². The predicted octanol–water partition coefficient (Wildman–Crippen LogP) is 0.754. The molecule has 1 unspecified atom stereocenters. The normalized spacial score (nSPS) is 17.9. The zero-order chi connectivity index (χ0) is 17.9. The van der Waals surface area contributed by atoms with Crippen molar-refractivity contribution in [1.29, 1.82) is 0 Å². The summed E-state index contributed by atoms with van der Waals surface area (Å²) in [4.78, 5) is 38.6. The van der Waals surface area contributed by atoms with Gasteiger partial charge in [0.1, 0.15) is 5.82 Å². The molecule has 1 aliphatic rings. The molecule has 132 valence electrons. The van der Waals surface area contributed by atoms with Crippen molar-refractivity contribution >= 4 is 11.8 Å². The number of aryl methyl sites for hydroxylation is 1. The molecule has 7 heteroatoms. The summed E-state index contributed by atoms with van der Waals surface area (Å²) in [6, 6.07) is 0. The number of hydrogen-bond donors (Lipinski definition) is 0. The molecule has 1 aliphatic heterocycles. The Kier molecular flexibility index (Phi) is 5.88. The zero-order valence-corrected chi connectivity index (χ0v) is 15.2. The van der Waals surface area contributed by atoms with Gasteiger partial charge < -0.3 is 14.7 Å². The molecule has 0 N–H and O–H groups in total. The Labute approximate surface area is 143 Å². The van der Waals surface area contributed by atoms with Crippen molar-refractivity contribution in [1.82, 2.24) is 24.7 Å². The Balaban J connectivity index is 2.12. The van der Waals surface area contributed by atoms with Gasteiger partial charge in [-0.25, -0.2) is 9.97 Å². The Morgan fingerprint density at radius 1 is 1.29 bits per heavy atom. The summed E-state index contributed by atoms with van der Waals surface area (Å²) in [5.41, 5.74) is 1.22. The molecule has 2 amide bonds. The molecule has 1 fully saturated rings. The van der Waals surface area contributed by atoms with Gasteiger partial charge in [0.05, 0.1) is 17.8 Å². The van der Waals surface area contributed by atoms with Gasteiger partial charge in [-0.15, -0.1) is 0 Å². The molecule has 1 aromatic rings. The average molecular weight is 333 g/mol. The monoisotopic (exact) mass is 333 g/mol. The van der Waals surface area contributed by atoms with Crippen molar-refractivity contribution in [3.8, 4) is 0 Å². The molecular weight excluding hydrogens is 306 g/mol. The van der Waals surface area contributed by atoms with E-state index < -0.39 is 0 Å². The van der Waals surface area contributed by atoms with Crippen LogP contribution in [0.3, 0.4) is 0 Å². The molecule has 1 atom stereocenters. The van der Waals surface area contributed by atoms with Gasteiger partial charge in [0.15, 0.2) is 0 Å². The summed E-state index contributed by atoms with van der Waals surface area (Å²) in [7, 11) is 7.22. The second-order valence-corrected chi connectivity index (χ2v) is 6.84. The van der Waals surface area contributed by atoms with Crippen LogP contribution in [-0.2, 0) is 4.79 Å². The third-order valence-electron chi connectivity index (χ3n) is 4.23. The number of likely N-dealkylation sites (N-methyl/N-ethyl adjacent to an activating group) is 1. The second kappa shape index (κ2) is 7.70. The molecule has 1 aromatic heterocycles. The lowest BCUT2D eigenvalue weighted by molar-refractivity contribution is -0.133. The highest BCUT2D eigenvalue weighted by molar-refractivity contribution is 5.94. The van der Waals surface area contributed by atoms with Crippen molar-refractivity contribution < 1.29 is 9.59 Å². The Morgan fingerprint density at radius 2 is 2.00 bits per heavy atom. The number of aromatic nitrogens is 2. The fourth-order valence-electron chi connectivity index (χ4n) is 2.92. The van der Waals surface area contributed by atoms with Crippen LogP contribution in [-0.4, -0.2) is 84.3 Å². The van der Waals surface area contributed by atoms with Crippen LogP contribution in [0.1, 0.15) is 40.6 Å². The van der Waals surface area contributed by atoms with Crippen molar-refractivity contribution in [3.63, 3.8) is 0 Å². The van der Waals surface area contributed by atoms with Gasteiger partial charge in [0.2, 0.25) is 5.91 Å². The fourth-order valence-corrected chi connectivity index (χ4v) is 2.92. The highest BCUT2D eigenvalue weighted by Crippen LogP contribution is 2.25. The predicted molar refractivity (Wildman–Crippen MR) is 91.9 cm³/mol. The van der Waals surface area contributed by atoms with E-state index >= 15 is 0 Å². The Morgan fingerprint density at radius 3 is 2.58 bits per heavy atom. The van der Waals surface area contributed by atoms with E-state index in [0.717, 1.165) is 25.2 Å². The van der Waals surface area contributed by atoms with Crippen molar-refractivity contribution in [2.45, 2.75) is 25.7 Å². The van der Waals surface area contributed by atoms with Crippen LogP contribution in [0, 0.1) is 6.92 Å². The lowest BCUT2D eigenvalue weighted by Gasteiger charge is -2.33. The summed E-state index contributed by atoms with van der Waals surface area (Å²) in [5.74, 6) is 0.906. The third-order valence-corrected chi connectivity index (χ3v) is 4.23. The van der Waals surface area contributed by atoms with Gasteiger partial charge in [0, 0.05) is 39.3 Å². The maximum Gasteiger partial charge on any atom is 0.256 e. The van der Waals surface area contributed by atoms with Crippen LogP contribution in [0.2, 0.25) is 0 Å². The minimum absolute atomic E-state index is 0.0921. The fraction of sp³-hybridized carbons (Fsp3) is 0.647. The molecule has 0 radical (unpaired) electrons. The lowest BCUT2D eigenvalue weighted by atomic mass is 9.96. The molecule has 7 nitrogen and oxygen atoms in total. The maximum absolute atomic E-state index is 12.3. The van der Waals surface area contributed by atoms with Gasteiger partial charge in [-0.1, -0.05) is 0 Å². The van der Waals surface area contributed by atoms with E-state index in [1.807, 2.05) is 30.8 Å². The van der Waals surface area contributed by atoms with Gasteiger partial charge in [-0.05, 0) is 33.9 Å². The number of nitrogens with zero attached hydrogens (tertiary/aromatic N) is 5. The van der Waals surface area contributed by atoms with Crippen LogP contribution < -0.4 is 0 Å². The largest absolute Gasteiger partial charge is 0.345 e. The average Bonchev–Trinajstić information content (AvgIpc) is 2.53. The van der Waals surface area contributed by atoms with Gasteiger partial charge >= 0.3 is 0 Å². The molecule has 0 aromatic carbocycles. The minimum Gasteiger partial charge on any atom is -0.345 e. The molecule has 0 bridgehead atoms. The summed E-state index contributed by atoms with van der Waals surface area (Å²) >= 11 is 0. The maximum atomic E-state index is 12.3. The molecule has 0 aliphatic carbocycles. The Bertz CT molecular complexity index is 615. The van der Waals surface area contributed by atoms with E-state index in [9.17, 15) is 9.59 Å². The number of carbonyl (C=O) groups is 2. The molecule has 0 saturated carbocycles. The topological polar surface area (TPSA) is 69.6 Å². The van der Waals surface area contributed by atoms with E-state index in [1.54, 1.807) is 20.3 Å². The number of likely N-dealkylation sites (tertiary alicyclic amines) is 1. The van der Waals surface area contributed by atoms with E-state index in [0.29, 0.717) is 24.3 Å².